The average Bonchev–Trinajstić information content (AvgIpc) is 3.12. The number of rotatable bonds is 4. The van der Waals surface area contributed by atoms with Gasteiger partial charge in [-0.1, -0.05) is 0 Å². The number of esters is 1. The lowest BCUT2D eigenvalue weighted by Gasteiger charge is -2.46. The number of likely N-dealkylation sites (N-methyl/N-ethyl adjacent to an activating group) is 1. The SMILES string of the molecule is CCN(CC)C(=O)NC1C[C@@H]2c3cc(C(=O)OC)cc4[nH]cc(c34)C[C@H]2N(C)C1. The molecule has 1 fully saturated rings. The van der Waals surface area contributed by atoms with E-state index in [0.29, 0.717) is 24.7 Å². The van der Waals surface area contributed by atoms with Crippen molar-refractivity contribution in [1.82, 2.24) is 20.1 Å². The molecule has 156 valence electrons. The zero-order chi connectivity index (χ0) is 20.7. The Morgan fingerprint density at radius 1 is 1.31 bits per heavy atom. The van der Waals surface area contributed by atoms with Crippen molar-refractivity contribution in [3.05, 3.63) is 35.0 Å². The Kier molecular flexibility index (Phi) is 5.25. The molecule has 29 heavy (non-hydrogen) atoms. The molecule has 0 bridgehead atoms. The Bertz CT molecular complexity index is 934. The van der Waals surface area contributed by atoms with E-state index in [1.54, 1.807) is 0 Å². The molecule has 0 saturated carbocycles. The van der Waals surface area contributed by atoms with Crippen LogP contribution in [0.25, 0.3) is 10.9 Å². The molecule has 0 spiro atoms. The van der Waals surface area contributed by atoms with Crippen LogP contribution in [0.4, 0.5) is 4.79 Å². The lowest BCUT2D eigenvalue weighted by atomic mass is 9.73. The number of amides is 2. The molecule has 4 rings (SSSR count). The van der Waals surface area contributed by atoms with Gasteiger partial charge < -0.3 is 24.8 Å². The minimum absolute atomic E-state index is 0.00143. The van der Waals surface area contributed by atoms with Crippen LogP contribution in [0, 0.1) is 0 Å². The smallest absolute Gasteiger partial charge is 0.337 e. The summed E-state index contributed by atoms with van der Waals surface area (Å²) in [4.78, 5) is 32.3. The Labute approximate surface area is 171 Å². The molecule has 1 aromatic carbocycles. The Morgan fingerprint density at radius 3 is 2.76 bits per heavy atom. The first-order valence-corrected chi connectivity index (χ1v) is 10.4. The van der Waals surface area contributed by atoms with Gasteiger partial charge >= 0.3 is 12.0 Å². The quantitative estimate of drug-likeness (QED) is 0.777. The zero-order valence-corrected chi connectivity index (χ0v) is 17.6. The summed E-state index contributed by atoms with van der Waals surface area (Å²) in [5.74, 6) is -0.0665. The van der Waals surface area contributed by atoms with Crippen molar-refractivity contribution >= 4 is 22.9 Å². The van der Waals surface area contributed by atoms with E-state index in [4.69, 9.17) is 4.74 Å². The highest BCUT2D eigenvalue weighted by Gasteiger charge is 2.40. The number of ether oxygens (including phenoxy) is 1. The number of urea groups is 1. The molecule has 2 N–H and O–H groups in total. The summed E-state index contributed by atoms with van der Waals surface area (Å²) in [7, 11) is 3.54. The number of piperidine rings is 1. The summed E-state index contributed by atoms with van der Waals surface area (Å²) in [6.45, 7) is 6.22. The number of benzene rings is 1. The number of likely N-dealkylation sites (tertiary alicyclic amines) is 1. The number of fused-ring (bicyclic) bond motifs is 2. The van der Waals surface area contributed by atoms with Crippen molar-refractivity contribution in [2.24, 2.45) is 0 Å². The molecule has 1 aliphatic heterocycles. The van der Waals surface area contributed by atoms with Crippen molar-refractivity contribution < 1.29 is 14.3 Å². The molecule has 7 nitrogen and oxygen atoms in total. The second-order valence-electron chi connectivity index (χ2n) is 8.17. The molecule has 1 aromatic heterocycles. The van der Waals surface area contributed by atoms with Crippen LogP contribution in [-0.4, -0.2) is 72.7 Å². The summed E-state index contributed by atoms with van der Waals surface area (Å²) in [5, 5.41) is 4.45. The second kappa shape index (κ2) is 7.71. The zero-order valence-electron chi connectivity index (χ0n) is 17.6. The minimum Gasteiger partial charge on any atom is -0.465 e. The summed E-state index contributed by atoms with van der Waals surface area (Å²) in [5.41, 5.74) is 4.03. The fraction of sp³-hybridized carbons (Fsp3) is 0.545. The lowest BCUT2D eigenvalue weighted by molar-refractivity contribution is 0.0600. The van der Waals surface area contributed by atoms with E-state index < -0.39 is 0 Å². The van der Waals surface area contributed by atoms with Crippen molar-refractivity contribution in [3.63, 3.8) is 0 Å². The molecule has 2 heterocycles. The highest BCUT2D eigenvalue weighted by molar-refractivity contribution is 5.97. The highest BCUT2D eigenvalue weighted by atomic mass is 16.5. The number of H-pyrrole nitrogens is 1. The van der Waals surface area contributed by atoms with E-state index in [9.17, 15) is 9.59 Å². The van der Waals surface area contributed by atoms with Gasteiger partial charge in [-0.15, -0.1) is 0 Å². The third-order valence-electron chi connectivity index (χ3n) is 6.60. The van der Waals surface area contributed by atoms with Crippen LogP contribution < -0.4 is 5.32 Å². The van der Waals surface area contributed by atoms with Crippen LogP contribution in [-0.2, 0) is 11.2 Å². The van der Waals surface area contributed by atoms with Gasteiger partial charge in [0.25, 0.3) is 0 Å². The molecule has 0 radical (unpaired) electrons. The van der Waals surface area contributed by atoms with Crippen molar-refractivity contribution in [3.8, 4) is 0 Å². The summed E-state index contributed by atoms with van der Waals surface area (Å²) < 4.78 is 4.97. The van der Waals surface area contributed by atoms with Crippen molar-refractivity contribution in [2.45, 2.75) is 44.7 Å². The largest absolute Gasteiger partial charge is 0.465 e. The van der Waals surface area contributed by atoms with Gasteiger partial charge in [0, 0.05) is 54.7 Å². The first-order chi connectivity index (χ1) is 14.0. The van der Waals surface area contributed by atoms with Crippen LogP contribution in [0.3, 0.4) is 0 Å². The number of nitrogens with one attached hydrogen (secondary N) is 2. The number of hydrogen-bond acceptors (Lipinski definition) is 4. The van der Waals surface area contributed by atoms with Crippen LogP contribution >= 0.6 is 0 Å². The predicted octanol–water partition coefficient (Wildman–Crippen LogP) is 2.72. The van der Waals surface area contributed by atoms with E-state index in [0.717, 1.165) is 24.9 Å². The molecule has 3 atom stereocenters. The van der Waals surface area contributed by atoms with Gasteiger partial charge in [-0.25, -0.2) is 9.59 Å². The topological polar surface area (TPSA) is 77.7 Å². The van der Waals surface area contributed by atoms with Gasteiger partial charge in [0.1, 0.15) is 0 Å². The van der Waals surface area contributed by atoms with Crippen LogP contribution in [0.15, 0.2) is 18.3 Å². The number of nitrogens with zero attached hydrogens (tertiary/aromatic N) is 2. The Morgan fingerprint density at radius 2 is 2.07 bits per heavy atom. The lowest BCUT2D eigenvalue weighted by Crippen LogP contribution is -2.56. The number of hydrogen-bond donors (Lipinski definition) is 2. The van der Waals surface area contributed by atoms with Crippen LogP contribution in [0.2, 0.25) is 0 Å². The van der Waals surface area contributed by atoms with Crippen molar-refractivity contribution in [2.75, 3.05) is 33.8 Å². The van der Waals surface area contributed by atoms with Crippen LogP contribution in [0.5, 0.6) is 0 Å². The number of carbonyl (C=O) groups is 2. The molecular formula is C22H30N4O3. The van der Waals surface area contributed by atoms with Gasteiger partial charge in [0.05, 0.1) is 12.7 Å². The van der Waals surface area contributed by atoms with Gasteiger partial charge in [0.2, 0.25) is 0 Å². The fourth-order valence-electron chi connectivity index (χ4n) is 5.13. The minimum atomic E-state index is -0.322. The maximum absolute atomic E-state index is 12.6. The average molecular weight is 399 g/mol. The van der Waals surface area contributed by atoms with Gasteiger partial charge in [-0.05, 0) is 57.0 Å². The third kappa shape index (κ3) is 3.37. The maximum Gasteiger partial charge on any atom is 0.337 e. The number of aromatic nitrogens is 1. The first kappa shape index (κ1) is 19.8. The predicted molar refractivity (Wildman–Crippen MR) is 112 cm³/mol. The molecule has 7 heteroatoms. The fourth-order valence-corrected chi connectivity index (χ4v) is 5.13. The molecule has 2 aromatic rings. The number of methoxy groups -OCH3 is 1. The Hall–Kier alpha value is -2.54. The number of aromatic amines is 1. The molecule has 1 saturated heterocycles. The number of carbonyl (C=O) groups excluding carboxylic acids is 2. The summed E-state index contributed by atoms with van der Waals surface area (Å²) >= 11 is 0. The molecule has 1 aliphatic carbocycles. The van der Waals surface area contributed by atoms with E-state index in [-0.39, 0.29) is 24.0 Å². The molecular weight excluding hydrogens is 368 g/mol. The first-order valence-electron chi connectivity index (χ1n) is 10.4. The normalized spacial score (nSPS) is 23.5. The maximum atomic E-state index is 12.6. The summed E-state index contributed by atoms with van der Waals surface area (Å²) in [6, 6.07) is 4.30. The van der Waals surface area contributed by atoms with Gasteiger partial charge in [-0.3, -0.25) is 0 Å². The van der Waals surface area contributed by atoms with Crippen molar-refractivity contribution in [1.29, 1.82) is 0 Å². The molecule has 1 unspecified atom stereocenters. The monoisotopic (exact) mass is 398 g/mol. The molecule has 2 aliphatic rings. The van der Waals surface area contributed by atoms with Crippen LogP contribution in [0.1, 0.15) is 47.7 Å². The standard InChI is InChI=1S/C22H30N4O3/c1-5-26(6-2)22(28)24-15-10-16-17-7-13(21(27)29-4)8-18-20(17)14(11-23-18)9-19(16)25(3)12-15/h7-8,11,15-16,19,23H,5-6,9-10,12H2,1-4H3,(H,24,28)/t15?,16-,19-/m1/s1. The van der Waals surface area contributed by atoms with E-state index >= 15 is 0 Å². The van der Waals surface area contributed by atoms with E-state index in [2.05, 4.69) is 28.4 Å². The Balaban J connectivity index is 1.67. The van der Waals surface area contributed by atoms with E-state index in [1.807, 2.05) is 30.9 Å². The highest BCUT2D eigenvalue weighted by Crippen LogP contribution is 2.43. The second-order valence-corrected chi connectivity index (χ2v) is 8.17. The third-order valence-corrected chi connectivity index (χ3v) is 6.60. The summed E-state index contributed by atoms with van der Waals surface area (Å²) in [6.07, 6.45) is 3.91. The molecule has 2 amide bonds. The van der Waals surface area contributed by atoms with Gasteiger partial charge in [-0.2, -0.15) is 0 Å². The van der Waals surface area contributed by atoms with E-state index in [1.165, 1.54) is 23.6 Å². The van der Waals surface area contributed by atoms with Gasteiger partial charge in [0.15, 0.2) is 0 Å².